The molecule has 0 atom stereocenters. The van der Waals surface area contributed by atoms with Crippen molar-refractivity contribution in [2.45, 2.75) is 45.5 Å². The van der Waals surface area contributed by atoms with E-state index in [0.29, 0.717) is 52.2 Å². The van der Waals surface area contributed by atoms with E-state index in [1.54, 1.807) is 29.9 Å². The summed E-state index contributed by atoms with van der Waals surface area (Å²) >= 11 is 6.10. The zero-order valence-corrected chi connectivity index (χ0v) is 24.7. The van der Waals surface area contributed by atoms with E-state index in [1.165, 1.54) is 17.0 Å². The molecule has 1 fully saturated rings. The number of nitrogens with one attached hydrogen (secondary N) is 1. The molecule has 11 heteroatoms. The maximum Gasteiger partial charge on any atom is 0.329 e. The van der Waals surface area contributed by atoms with Crippen LogP contribution in [0.25, 0.3) is 11.4 Å². The molecular weight excluding hydrogens is 576 g/mol. The van der Waals surface area contributed by atoms with Crippen molar-refractivity contribution in [3.8, 4) is 17.1 Å². The molecule has 1 N–H and O–H groups in total. The molecule has 0 saturated carbocycles. The van der Waals surface area contributed by atoms with E-state index in [9.17, 15) is 14.0 Å². The third-order valence-corrected chi connectivity index (χ3v) is 8.64. The summed E-state index contributed by atoms with van der Waals surface area (Å²) in [6.07, 6.45) is 1.76. The van der Waals surface area contributed by atoms with Gasteiger partial charge < -0.3 is 9.30 Å². The average Bonchev–Trinajstić information content (AvgIpc) is 3.46. The summed E-state index contributed by atoms with van der Waals surface area (Å²) in [6, 6.07) is 15.0. The minimum Gasteiger partial charge on any atom is -0.489 e. The van der Waals surface area contributed by atoms with Crippen molar-refractivity contribution in [2.75, 3.05) is 11.4 Å². The number of urea groups is 1. The number of halogens is 3. The van der Waals surface area contributed by atoms with Gasteiger partial charge in [0.2, 0.25) is 5.91 Å². The van der Waals surface area contributed by atoms with E-state index in [1.807, 2.05) is 30.3 Å². The molecule has 1 saturated heterocycles. The highest BCUT2D eigenvalue weighted by atomic mass is 35.5. The van der Waals surface area contributed by atoms with Gasteiger partial charge in [0.15, 0.2) is 0 Å². The molecule has 3 aromatic carbocycles. The van der Waals surface area contributed by atoms with Crippen molar-refractivity contribution in [3.05, 3.63) is 99.7 Å². The molecule has 2 aliphatic heterocycles. The fraction of sp³-hybridized carbons (Fsp3) is 0.281. The van der Waals surface area contributed by atoms with Crippen molar-refractivity contribution < 1.29 is 23.1 Å². The van der Waals surface area contributed by atoms with Crippen molar-refractivity contribution in [2.24, 2.45) is 7.05 Å². The molecule has 2 aliphatic rings. The Morgan fingerprint density at radius 3 is 2.56 bits per heavy atom. The lowest BCUT2D eigenvalue weighted by atomic mass is 9.91. The van der Waals surface area contributed by atoms with Crippen molar-refractivity contribution in [3.63, 3.8) is 0 Å². The lowest BCUT2D eigenvalue weighted by molar-refractivity contribution is -0.120. The van der Waals surface area contributed by atoms with Gasteiger partial charge in [0.25, 0.3) is 0 Å². The van der Waals surface area contributed by atoms with Gasteiger partial charge in [-0.3, -0.25) is 19.9 Å². The molecule has 4 aromatic rings. The van der Waals surface area contributed by atoms with Crippen LogP contribution in [0, 0.1) is 11.6 Å². The summed E-state index contributed by atoms with van der Waals surface area (Å²) in [4.78, 5) is 32.1. The Kier molecular flexibility index (Phi) is 7.43. The molecule has 0 radical (unpaired) electrons. The number of hydrogen-bond acceptors (Lipinski definition) is 5. The first-order valence-corrected chi connectivity index (χ1v) is 14.3. The minimum absolute atomic E-state index is 0.0172. The Labute approximate surface area is 252 Å². The number of imidazole rings is 1. The summed E-state index contributed by atoms with van der Waals surface area (Å²) in [5.41, 5.74) is 2.95. The third-order valence-electron chi connectivity index (χ3n) is 8.29. The van der Waals surface area contributed by atoms with Gasteiger partial charge in [-0.15, -0.1) is 0 Å². The maximum atomic E-state index is 15.6. The van der Waals surface area contributed by atoms with Crippen LogP contribution in [0.15, 0.2) is 60.8 Å². The summed E-state index contributed by atoms with van der Waals surface area (Å²) in [5, 5.41) is 2.64. The maximum absolute atomic E-state index is 15.6. The second-order valence-corrected chi connectivity index (χ2v) is 11.7. The van der Waals surface area contributed by atoms with Crippen molar-refractivity contribution in [1.82, 2.24) is 19.8 Å². The Morgan fingerprint density at radius 2 is 1.84 bits per heavy atom. The summed E-state index contributed by atoms with van der Waals surface area (Å²) in [5.74, 6) is 0.584. The topological polar surface area (TPSA) is 79.7 Å². The van der Waals surface area contributed by atoms with Gasteiger partial charge >= 0.3 is 6.03 Å². The highest BCUT2D eigenvalue weighted by Crippen LogP contribution is 2.43. The molecule has 3 heterocycles. The number of rotatable bonds is 7. The van der Waals surface area contributed by atoms with Crippen LogP contribution in [0.1, 0.15) is 42.5 Å². The smallest absolute Gasteiger partial charge is 0.329 e. The average molecular weight is 606 g/mol. The van der Waals surface area contributed by atoms with Crippen LogP contribution in [-0.4, -0.2) is 32.9 Å². The molecular formula is C32H30ClF2N5O3. The highest BCUT2D eigenvalue weighted by molar-refractivity contribution is 6.31. The van der Waals surface area contributed by atoms with E-state index in [2.05, 4.69) is 29.0 Å². The SMILES string of the molecule is Cn1c(N2CCC(=O)NC2=O)cnc1-c1cc(F)c2c(c1)C(C)(C)N(Cc1ccc(OCc3c(F)cccc3Cl)cc1)C2. The Bertz CT molecular complexity index is 1720. The molecule has 222 valence electrons. The van der Waals surface area contributed by atoms with E-state index >= 15 is 4.39 Å². The molecule has 8 nitrogen and oxygen atoms in total. The van der Waals surface area contributed by atoms with Crippen LogP contribution in [0.5, 0.6) is 5.75 Å². The molecule has 3 amide bonds. The lowest BCUT2D eigenvalue weighted by Crippen LogP contribution is -2.50. The van der Waals surface area contributed by atoms with Crippen molar-refractivity contribution in [1.29, 1.82) is 0 Å². The van der Waals surface area contributed by atoms with Gasteiger partial charge in [0.1, 0.15) is 35.6 Å². The number of carbonyl (C=O) groups excluding carboxylic acids is 2. The summed E-state index contributed by atoms with van der Waals surface area (Å²) < 4.78 is 37.2. The lowest BCUT2D eigenvalue weighted by Gasteiger charge is -2.32. The van der Waals surface area contributed by atoms with E-state index in [4.69, 9.17) is 16.3 Å². The normalized spacial score (nSPS) is 16.4. The number of amides is 3. The number of hydrogen-bond donors (Lipinski definition) is 1. The number of benzene rings is 3. The Morgan fingerprint density at radius 1 is 1.07 bits per heavy atom. The van der Waals surface area contributed by atoms with E-state index in [-0.39, 0.29) is 31.3 Å². The number of ether oxygens (including phenoxy) is 1. The van der Waals surface area contributed by atoms with Gasteiger partial charge in [-0.05, 0) is 61.4 Å². The van der Waals surface area contributed by atoms with Crippen molar-refractivity contribution >= 4 is 29.4 Å². The Balaban J connectivity index is 1.18. The van der Waals surface area contributed by atoms with Gasteiger partial charge in [0.05, 0.1) is 11.2 Å². The summed E-state index contributed by atoms with van der Waals surface area (Å²) in [7, 11) is 1.77. The number of nitrogens with zero attached hydrogens (tertiary/aromatic N) is 4. The van der Waals surface area contributed by atoms with Gasteiger partial charge in [0, 0.05) is 55.3 Å². The first-order valence-electron chi connectivity index (χ1n) is 13.9. The van der Waals surface area contributed by atoms with Gasteiger partial charge in [-0.25, -0.2) is 18.6 Å². The number of fused-ring (bicyclic) bond motifs is 1. The van der Waals surface area contributed by atoms with Crippen LogP contribution in [-0.2, 0) is 37.1 Å². The minimum atomic E-state index is -0.503. The molecule has 0 aliphatic carbocycles. The number of aromatic nitrogens is 2. The van der Waals surface area contributed by atoms with Gasteiger partial charge in [-0.2, -0.15) is 0 Å². The number of carbonyl (C=O) groups is 2. The highest BCUT2D eigenvalue weighted by Gasteiger charge is 2.39. The Hall–Kier alpha value is -4.28. The molecule has 0 spiro atoms. The third kappa shape index (κ3) is 5.36. The van der Waals surface area contributed by atoms with Crippen LogP contribution in [0.3, 0.4) is 0 Å². The zero-order chi connectivity index (χ0) is 30.5. The fourth-order valence-corrected chi connectivity index (χ4v) is 5.94. The molecule has 43 heavy (non-hydrogen) atoms. The van der Waals surface area contributed by atoms with Crippen LogP contribution >= 0.6 is 11.6 Å². The standard InChI is InChI=1S/C32H30ClF2N5O3/c1-32(2)24-13-20(30-36-15-29(38(30)3)40-12-11-28(41)37-31(40)42)14-27(35)22(24)17-39(32)16-19-7-9-21(10-8-19)43-18-23-25(33)5-4-6-26(23)34/h4-10,13-15H,11-12,16-18H2,1-3H3,(H,37,41,42). The van der Waals surface area contributed by atoms with Crippen LogP contribution < -0.4 is 15.0 Å². The second-order valence-electron chi connectivity index (χ2n) is 11.3. The first-order chi connectivity index (χ1) is 20.5. The number of imide groups is 1. The molecule has 0 unspecified atom stereocenters. The summed E-state index contributed by atoms with van der Waals surface area (Å²) in [6.45, 7) is 5.41. The quantitative estimate of drug-likeness (QED) is 0.268. The molecule has 0 bridgehead atoms. The van der Waals surface area contributed by atoms with E-state index < -0.39 is 17.4 Å². The monoisotopic (exact) mass is 605 g/mol. The van der Waals surface area contributed by atoms with Crippen LogP contribution in [0.4, 0.5) is 19.4 Å². The first kappa shape index (κ1) is 28.8. The van der Waals surface area contributed by atoms with Crippen LogP contribution in [0.2, 0.25) is 5.02 Å². The largest absolute Gasteiger partial charge is 0.489 e. The second kappa shape index (κ2) is 11.1. The van der Waals surface area contributed by atoms with E-state index in [0.717, 1.165) is 11.1 Å². The predicted octanol–water partition coefficient (Wildman–Crippen LogP) is 6.29. The molecule has 1 aromatic heterocycles. The molecule has 6 rings (SSSR count). The number of anilines is 1. The zero-order valence-electron chi connectivity index (χ0n) is 24.0. The predicted molar refractivity (Wildman–Crippen MR) is 159 cm³/mol. The van der Waals surface area contributed by atoms with Gasteiger partial charge in [-0.1, -0.05) is 29.8 Å². The fourth-order valence-electron chi connectivity index (χ4n) is 5.72.